The van der Waals surface area contributed by atoms with Crippen LogP contribution in [0.15, 0.2) is 63.0 Å². The number of nitrogens with one attached hydrogen (secondary N) is 1. The molecule has 28 heavy (non-hydrogen) atoms. The monoisotopic (exact) mass is 374 g/mol. The zero-order valence-electron chi connectivity index (χ0n) is 14.8. The lowest BCUT2D eigenvalue weighted by Crippen LogP contribution is -2.22. The summed E-state index contributed by atoms with van der Waals surface area (Å²) in [5, 5.41) is 7.42. The van der Waals surface area contributed by atoms with Gasteiger partial charge in [-0.2, -0.15) is 4.98 Å². The highest BCUT2D eigenvalue weighted by Gasteiger charge is 2.13. The van der Waals surface area contributed by atoms with Crippen molar-refractivity contribution in [2.75, 3.05) is 0 Å². The summed E-state index contributed by atoms with van der Waals surface area (Å²) in [6, 6.07) is 8.60. The summed E-state index contributed by atoms with van der Waals surface area (Å²) in [4.78, 5) is 34.5. The van der Waals surface area contributed by atoms with Gasteiger partial charge in [-0.3, -0.25) is 14.7 Å². The van der Waals surface area contributed by atoms with Crippen LogP contribution in [0.1, 0.15) is 11.6 Å². The van der Waals surface area contributed by atoms with Crippen LogP contribution < -0.4 is 11.1 Å². The molecule has 5 aromatic rings. The van der Waals surface area contributed by atoms with Crippen molar-refractivity contribution in [3.63, 3.8) is 0 Å². The lowest BCUT2D eigenvalue weighted by atomic mass is 10.2. The molecule has 138 valence electrons. The predicted octanol–water partition coefficient (Wildman–Crippen LogP) is 1.77. The first-order valence-corrected chi connectivity index (χ1v) is 8.57. The second kappa shape index (κ2) is 6.02. The number of hydrogen-bond acceptors (Lipinski definition) is 6. The Morgan fingerprint density at radius 2 is 1.82 bits per heavy atom. The summed E-state index contributed by atoms with van der Waals surface area (Å²) in [5.41, 5.74) is 0.446. The van der Waals surface area contributed by atoms with Crippen molar-refractivity contribution in [1.82, 2.24) is 29.3 Å². The van der Waals surface area contributed by atoms with E-state index in [0.29, 0.717) is 39.9 Å². The molecule has 0 saturated heterocycles. The van der Waals surface area contributed by atoms with Crippen molar-refractivity contribution >= 4 is 21.8 Å². The number of nitrogens with zero attached hydrogens (tertiary/aromatic N) is 5. The Bertz CT molecular complexity index is 1440. The number of aryl methyl sites for hydroxylation is 1. The summed E-state index contributed by atoms with van der Waals surface area (Å²) < 4.78 is 8.16. The molecule has 5 heterocycles. The Balaban J connectivity index is 1.72. The topological polar surface area (TPSA) is 112 Å². The fraction of sp³-hybridized carbons (Fsp3) is 0.105. The molecule has 5 rings (SSSR count). The van der Waals surface area contributed by atoms with E-state index in [9.17, 15) is 9.59 Å². The zero-order valence-corrected chi connectivity index (χ0v) is 14.8. The van der Waals surface area contributed by atoms with E-state index in [2.05, 4.69) is 20.2 Å². The highest BCUT2D eigenvalue weighted by Crippen LogP contribution is 2.15. The van der Waals surface area contributed by atoms with E-state index < -0.39 is 0 Å². The summed E-state index contributed by atoms with van der Waals surface area (Å²) in [7, 11) is 0. The Kier molecular flexibility index (Phi) is 3.48. The van der Waals surface area contributed by atoms with Crippen LogP contribution in [-0.4, -0.2) is 29.3 Å². The van der Waals surface area contributed by atoms with Gasteiger partial charge in [-0.15, -0.1) is 5.10 Å². The number of hydrogen-bond donors (Lipinski definition) is 1. The fourth-order valence-electron chi connectivity index (χ4n) is 3.16. The van der Waals surface area contributed by atoms with Crippen molar-refractivity contribution in [3.05, 3.63) is 81.3 Å². The first kappa shape index (κ1) is 16.2. The average molecular weight is 374 g/mol. The van der Waals surface area contributed by atoms with E-state index in [1.54, 1.807) is 55.9 Å². The Morgan fingerprint density at radius 1 is 1.04 bits per heavy atom. The maximum absolute atomic E-state index is 12.9. The first-order valence-electron chi connectivity index (χ1n) is 8.57. The maximum Gasteiger partial charge on any atom is 0.267 e. The molecule has 1 N–H and O–H groups in total. The molecule has 0 aliphatic rings. The maximum atomic E-state index is 12.9. The number of aromatic nitrogens is 6. The molecule has 5 aromatic heterocycles. The molecule has 9 heteroatoms. The van der Waals surface area contributed by atoms with Crippen LogP contribution in [0.5, 0.6) is 0 Å². The van der Waals surface area contributed by atoms with E-state index in [0.717, 1.165) is 0 Å². The molecule has 0 fully saturated rings. The van der Waals surface area contributed by atoms with Crippen LogP contribution in [0, 0.1) is 6.92 Å². The van der Waals surface area contributed by atoms with Gasteiger partial charge in [-0.05, 0) is 37.3 Å². The SMILES string of the molecule is Cc1nc(-n2ccc3nc4ccn(Cc5ccco5)c(=O)c4cc3c2=O)n[nH]1. The molecule has 0 saturated carbocycles. The molecule has 0 amide bonds. The van der Waals surface area contributed by atoms with E-state index in [1.807, 2.05) is 0 Å². The first-order chi connectivity index (χ1) is 13.6. The van der Waals surface area contributed by atoms with Gasteiger partial charge in [0.25, 0.3) is 17.1 Å². The quantitative estimate of drug-likeness (QED) is 0.482. The minimum Gasteiger partial charge on any atom is -0.467 e. The van der Waals surface area contributed by atoms with Crippen LogP contribution >= 0.6 is 0 Å². The predicted molar refractivity (Wildman–Crippen MR) is 102 cm³/mol. The standard InChI is InChI=1S/C19H14N6O3/c1-11-20-19(23-22-11)25-7-5-16-14(18(25)27)9-13-15(21-16)4-6-24(17(13)26)10-12-3-2-8-28-12/h2-9H,10H2,1H3,(H,20,22,23). The third-order valence-electron chi connectivity index (χ3n) is 4.52. The van der Waals surface area contributed by atoms with Crippen LogP contribution in [0.4, 0.5) is 0 Å². The molecule has 0 unspecified atom stereocenters. The van der Waals surface area contributed by atoms with Crippen LogP contribution in [-0.2, 0) is 6.54 Å². The number of H-pyrrole nitrogens is 1. The van der Waals surface area contributed by atoms with Crippen molar-refractivity contribution in [2.45, 2.75) is 13.5 Å². The van der Waals surface area contributed by atoms with Gasteiger partial charge in [0.2, 0.25) is 0 Å². The van der Waals surface area contributed by atoms with Gasteiger partial charge in [0.1, 0.15) is 11.6 Å². The van der Waals surface area contributed by atoms with E-state index in [-0.39, 0.29) is 17.1 Å². The van der Waals surface area contributed by atoms with Gasteiger partial charge in [0.05, 0.1) is 34.6 Å². The van der Waals surface area contributed by atoms with E-state index in [4.69, 9.17) is 4.42 Å². The molecule has 9 nitrogen and oxygen atoms in total. The normalized spacial score (nSPS) is 11.5. The van der Waals surface area contributed by atoms with Crippen molar-refractivity contribution < 1.29 is 4.42 Å². The molecule has 0 spiro atoms. The molecule has 0 aliphatic heterocycles. The number of fused-ring (bicyclic) bond motifs is 2. The summed E-state index contributed by atoms with van der Waals surface area (Å²) in [6.07, 6.45) is 4.80. The number of pyridine rings is 3. The summed E-state index contributed by atoms with van der Waals surface area (Å²) >= 11 is 0. The second-order valence-electron chi connectivity index (χ2n) is 6.39. The van der Waals surface area contributed by atoms with E-state index >= 15 is 0 Å². The van der Waals surface area contributed by atoms with Gasteiger partial charge in [0, 0.05) is 12.4 Å². The third kappa shape index (κ3) is 2.52. The second-order valence-corrected chi connectivity index (χ2v) is 6.39. The molecular formula is C19H14N6O3. The lowest BCUT2D eigenvalue weighted by molar-refractivity contribution is 0.490. The van der Waals surface area contributed by atoms with Crippen molar-refractivity contribution in [1.29, 1.82) is 0 Å². The minimum atomic E-state index is -0.341. The highest BCUT2D eigenvalue weighted by molar-refractivity contribution is 5.91. The number of furan rings is 1. The molecule has 0 atom stereocenters. The van der Waals surface area contributed by atoms with Gasteiger partial charge in [-0.25, -0.2) is 9.55 Å². The molecule has 0 aliphatic carbocycles. The van der Waals surface area contributed by atoms with Crippen LogP contribution in [0.25, 0.3) is 27.8 Å². The lowest BCUT2D eigenvalue weighted by Gasteiger charge is -2.07. The van der Waals surface area contributed by atoms with Gasteiger partial charge in [0.15, 0.2) is 0 Å². The van der Waals surface area contributed by atoms with Crippen LogP contribution in [0.2, 0.25) is 0 Å². The summed E-state index contributed by atoms with van der Waals surface area (Å²) in [6.45, 7) is 2.05. The summed E-state index contributed by atoms with van der Waals surface area (Å²) in [5.74, 6) is 1.50. The van der Waals surface area contributed by atoms with Crippen molar-refractivity contribution in [3.8, 4) is 5.95 Å². The Hall–Kier alpha value is -4.01. The van der Waals surface area contributed by atoms with Gasteiger partial charge in [-0.1, -0.05) is 0 Å². The van der Waals surface area contributed by atoms with Crippen molar-refractivity contribution in [2.24, 2.45) is 0 Å². The van der Waals surface area contributed by atoms with Gasteiger partial charge >= 0.3 is 0 Å². The minimum absolute atomic E-state index is 0.243. The number of aromatic amines is 1. The zero-order chi connectivity index (χ0) is 19.3. The van der Waals surface area contributed by atoms with E-state index in [1.165, 1.54) is 9.13 Å². The Labute approximate surface area is 156 Å². The number of rotatable bonds is 3. The molecule has 0 aromatic carbocycles. The molecule has 0 bridgehead atoms. The Morgan fingerprint density at radius 3 is 2.54 bits per heavy atom. The fourth-order valence-corrected chi connectivity index (χ4v) is 3.16. The molecular weight excluding hydrogens is 360 g/mol. The van der Waals surface area contributed by atoms with Gasteiger partial charge < -0.3 is 8.98 Å². The molecule has 0 radical (unpaired) electrons. The average Bonchev–Trinajstić information content (AvgIpc) is 3.35. The third-order valence-corrected chi connectivity index (χ3v) is 4.52. The van der Waals surface area contributed by atoms with Crippen LogP contribution in [0.3, 0.4) is 0 Å². The smallest absolute Gasteiger partial charge is 0.267 e. The largest absolute Gasteiger partial charge is 0.467 e. The highest BCUT2D eigenvalue weighted by atomic mass is 16.3.